The highest BCUT2D eigenvalue weighted by Gasteiger charge is 2.35. The molecule has 1 aromatic rings. The van der Waals surface area contributed by atoms with E-state index in [2.05, 4.69) is 15.9 Å². The first-order valence-electron chi connectivity index (χ1n) is 5.60. The number of amides is 1. The van der Waals surface area contributed by atoms with Gasteiger partial charge in [0.2, 0.25) is 0 Å². The normalized spacial score (nSPS) is 18.7. The van der Waals surface area contributed by atoms with Gasteiger partial charge in [-0.25, -0.2) is 9.18 Å². The van der Waals surface area contributed by atoms with E-state index in [0.29, 0.717) is 19.4 Å². The molecule has 0 aromatic heterocycles. The van der Waals surface area contributed by atoms with Crippen molar-refractivity contribution in [3.05, 3.63) is 33.0 Å². The van der Waals surface area contributed by atoms with Crippen LogP contribution in [0.1, 0.15) is 23.2 Å². The minimum Gasteiger partial charge on any atom is -0.480 e. The standard InChI is InChI=1S/C12H10BrClFNO3/c13-8-5-6(14)4-7(10(8)15)11(17)16-3-1-2-9(16)12(18)19/h4-5,9H,1-3H2,(H,18,19). The van der Waals surface area contributed by atoms with Crippen molar-refractivity contribution in [3.63, 3.8) is 0 Å². The molecule has 1 unspecified atom stereocenters. The molecule has 0 spiro atoms. The zero-order valence-corrected chi connectivity index (χ0v) is 12.0. The highest BCUT2D eigenvalue weighted by atomic mass is 79.9. The van der Waals surface area contributed by atoms with Crippen molar-refractivity contribution < 1.29 is 19.1 Å². The van der Waals surface area contributed by atoms with E-state index >= 15 is 0 Å². The third-order valence-corrected chi connectivity index (χ3v) is 3.82. The van der Waals surface area contributed by atoms with Gasteiger partial charge in [-0.3, -0.25) is 4.79 Å². The van der Waals surface area contributed by atoms with Gasteiger partial charge < -0.3 is 10.0 Å². The van der Waals surface area contributed by atoms with Crippen LogP contribution in [0.5, 0.6) is 0 Å². The number of carboxylic acids is 1. The number of carbonyl (C=O) groups excluding carboxylic acids is 1. The van der Waals surface area contributed by atoms with Crippen molar-refractivity contribution in [1.29, 1.82) is 0 Å². The summed E-state index contributed by atoms with van der Waals surface area (Å²) < 4.78 is 14.0. The van der Waals surface area contributed by atoms with Crippen LogP contribution in [0.4, 0.5) is 4.39 Å². The maximum atomic E-state index is 13.9. The van der Waals surface area contributed by atoms with E-state index in [-0.39, 0.29) is 15.1 Å². The smallest absolute Gasteiger partial charge is 0.326 e. The minimum absolute atomic E-state index is 0.0782. The molecule has 1 aromatic carbocycles. The van der Waals surface area contributed by atoms with Gasteiger partial charge in [-0.05, 0) is 40.9 Å². The van der Waals surface area contributed by atoms with Gasteiger partial charge in [0, 0.05) is 11.6 Å². The number of hydrogen-bond donors (Lipinski definition) is 1. The Morgan fingerprint density at radius 2 is 2.16 bits per heavy atom. The highest BCUT2D eigenvalue weighted by molar-refractivity contribution is 9.10. The third-order valence-electron chi connectivity index (χ3n) is 3.02. The predicted octanol–water partition coefficient (Wildman–Crippen LogP) is 2.93. The second kappa shape index (κ2) is 5.46. The lowest BCUT2D eigenvalue weighted by Gasteiger charge is -2.22. The van der Waals surface area contributed by atoms with Crippen LogP contribution in [0.3, 0.4) is 0 Å². The van der Waals surface area contributed by atoms with Gasteiger partial charge in [-0.2, -0.15) is 0 Å². The summed E-state index contributed by atoms with van der Waals surface area (Å²) in [5, 5.41) is 9.25. The Labute approximate surface area is 122 Å². The summed E-state index contributed by atoms with van der Waals surface area (Å²) in [5.74, 6) is -2.46. The van der Waals surface area contributed by atoms with Crippen LogP contribution in [0.25, 0.3) is 0 Å². The number of likely N-dealkylation sites (tertiary alicyclic amines) is 1. The molecule has 0 bridgehead atoms. The second-order valence-electron chi connectivity index (χ2n) is 4.24. The summed E-state index contributed by atoms with van der Waals surface area (Å²) in [7, 11) is 0. The third kappa shape index (κ3) is 2.74. The average Bonchev–Trinajstić information content (AvgIpc) is 2.82. The van der Waals surface area contributed by atoms with Crippen LogP contribution >= 0.6 is 27.5 Å². The Bertz CT molecular complexity index is 552. The van der Waals surface area contributed by atoms with E-state index in [1.54, 1.807) is 0 Å². The Morgan fingerprint density at radius 1 is 1.47 bits per heavy atom. The van der Waals surface area contributed by atoms with Gasteiger partial charge >= 0.3 is 5.97 Å². The van der Waals surface area contributed by atoms with Crippen molar-refractivity contribution in [2.24, 2.45) is 0 Å². The van der Waals surface area contributed by atoms with E-state index in [4.69, 9.17) is 16.7 Å². The van der Waals surface area contributed by atoms with Gasteiger partial charge in [0.25, 0.3) is 5.91 Å². The van der Waals surface area contributed by atoms with Crippen molar-refractivity contribution in [3.8, 4) is 0 Å². The first-order chi connectivity index (χ1) is 8.91. The lowest BCUT2D eigenvalue weighted by molar-refractivity contribution is -0.141. The van der Waals surface area contributed by atoms with Gasteiger partial charge in [0.1, 0.15) is 11.9 Å². The molecule has 7 heteroatoms. The number of carbonyl (C=O) groups is 2. The fourth-order valence-electron chi connectivity index (χ4n) is 2.13. The van der Waals surface area contributed by atoms with Crippen LogP contribution in [0.15, 0.2) is 16.6 Å². The molecular formula is C12H10BrClFNO3. The predicted molar refractivity (Wildman–Crippen MR) is 70.8 cm³/mol. The van der Waals surface area contributed by atoms with Crippen molar-refractivity contribution in [1.82, 2.24) is 4.90 Å². The zero-order valence-electron chi connectivity index (χ0n) is 9.70. The monoisotopic (exact) mass is 349 g/mol. The maximum Gasteiger partial charge on any atom is 0.326 e. The topological polar surface area (TPSA) is 57.6 Å². The first-order valence-corrected chi connectivity index (χ1v) is 6.77. The molecule has 19 heavy (non-hydrogen) atoms. The van der Waals surface area contributed by atoms with Crippen molar-refractivity contribution >= 4 is 39.4 Å². The van der Waals surface area contributed by atoms with Gasteiger partial charge in [0.15, 0.2) is 0 Å². The molecule has 0 radical (unpaired) electrons. The van der Waals surface area contributed by atoms with Crippen LogP contribution in [0.2, 0.25) is 5.02 Å². The summed E-state index contributed by atoms with van der Waals surface area (Å²) in [5.41, 5.74) is -0.215. The van der Waals surface area contributed by atoms with E-state index < -0.39 is 23.7 Å². The number of aliphatic carboxylic acids is 1. The molecule has 1 aliphatic rings. The van der Waals surface area contributed by atoms with Crippen LogP contribution in [0, 0.1) is 5.82 Å². The minimum atomic E-state index is -1.08. The molecule has 1 N–H and O–H groups in total. The summed E-state index contributed by atoms with van der Waals surface area (Å²) >= 11 is 8.76. The largest absolute Gasteiger partial charge is 0.480 e. The quantitative estimate of drug-likeness (QED) is 0.834. The van der Waals surface area contributed by atoms with Crippen LogP contribution < -0.4 is 0 Å². The Morgan fingerprint density at radius 3 is 2.79 bits per heavy atom. The van der Waals surface area contributed by atoms with E-state index in [1.807, 2.05) is 0 Å². The van der Waals surface area contributed by atoms with Gasteiger partial charge in [-0.15, -0.1) is 0 Å². The fourth-order valence-corrected chi connectivity index (χ4v) is 2.94. The second-order valence-corrected chi connectivity index (χ2v) is 5.53. The molecule has 0 saturated carbocycles. The summed E-state index contributed by atoms with van der Waals surface area (Å²) in [4.78, 5) is 24.4. The zero-order chi connectivity index (χ0) is 14.2. The van der Waals surface area contributed by atoms with Crippen molar-refractivity contribution in [2.75, 3.05) is 6.54 Å². The van der Waals surface area contributed by atoms with Crippen molar-refractivity contribution in [2.45, 2.75) is 18.9 Å². The van der Waals surface area contributed by atoms with Crippen LogP contribution in [-0.4, -0.2) is 34.5 Å². The SMILES string of the molecule is O=C(O)C1CCCN1C(=O)c1cc(Cl)cc(Br)c1F. The number of halogens is 3. The summed E-state index contributed by atoms with van der Waals surface area (Å²) in [6.45, 7) is 0.305. The molecule has 1 atom stereocenters. The van der Waals surface area contributed by atoms with E-state index in [0.717, 1.165) is 0 Å². The van der Waals surface area contributed by atoms with E-state index in [9.17, 15) is 14.0 Å². The molecule has 1 fully saturated rings. The summed E-state index contributed by atoms with van der Waals surface area (Å²) in [6, 6.07) is 1.65. The maximum absolute atomic E-state index is 13.9. The Hall–Kier alpha value is -1.14. The fraction of sp³-hybridized carbons (Fsp3) is 0.333. The summed E-state index contributed by atoms with van der Waals surface area (Å²) in [6.07, 6.45) is 0.969. The van der Waals surface area contributed by atoms with Gasteiger partial charge in [0.05, 0.1) is 10.0 Å². The number of carboxylic acid groups (broad SMARTS) is 1. The molecule has 1 aliphatic heterocycles. The molecule has 1 heterocycles. The number of hydrogen-bond acceptors (Lipinski definition) is 2. The lowest BCUT2D eigenvalue weighted by Crippen LogP contribution is -2.40. The Kier molecular flexibility index (Phi) is 4.10. The molecule has 2 rings (SSSR count). The average molecular weight is 351 g/mol. The molecular weight excluding hydrogens is 340 g/mol. The number of nitrogens with zero attached hydrogens (tertiary/aromatic N) is 1. The van der Waals surface area contributed by atoms with Crippen LogP contribution in [-0.2, 0) is 4.79 Å². The first kappa shape index (κ1) is 14.3. The number of rotatable bonds is 2. The Balaban J connectivity index is 2.37. The highest BCUT2D eigenvalue weighted by Crippen LogP contribution is 2.27. The molecule has 1 saturated heterocycles. The number of benzene rings is 1. The molecule has 4 nitrogen and oxygen atoms in total. The molecule has 102 valence electrons. The lowest BCUT2D eigenvalue weighted by atomic mass is 10.1. The molecule has 0 aliphatic carbocycles. The van der Waals surface area contributed by atoms with Gasteiger partial charge in [-0.1, -0.05) is 11.6 Å². The van der Waals surface area contributed by atoms with E-state index in [1.165, 1.54) is 17.0 Å². The molecule has 1 amide bonds.